The van der Waals surface area contributed by atoms with Crippen LogP contribution in [0.5, 0.6) is 0 Å². The second-order valence-electron chi connectivity index (χ2n) is 5.35. The monoisotopic (exact) mass is 330 g/mol. The highest BCUT2D eigenvalue weighted by Crippen LogP contribution is 2.14. The fourth-order valence-corrected chi connectivity index (χ4v) is 3.41. The molecule has 5 nitrogen and oxygen atoms in total. The molecule has 7 heteroatoms. The number of carbonyl (C=O) groups is 1. The molecule has 1 aliphatic rings. The number of hydrogen-bond acceptors (Lipinski definition) is 3. The van der Waals surface area contributed by atoms with Gasteiger partial charge < -0.3 is 4.90 Å². The summed E-state index contributed by atoms with van der Waals surface area (Å²) >= 11 is 5.81. The third-order valence-corrected chi connectivity index (χ3v) is 4.51. The molecule has 1 aromatic carbocycles. The molecule has 1 aliphatic heterocycles. The summed E-state index contributed by atoms with van der Waals surface area (Å²) in [4.78, 5) is 14.0. The maximum Gasteiger partial charge on any atom is 0.226 e. The first-order valence-electron chi connectivity index (χ1n) is 6.83. The van der Waals surface area contributed by atoms with Crippen molar-refractivity contribution in [3.8, 4) is 0 Å². The van der Waals surface area contributed by atoms with Crippen LogP contribution < -0.4 is 4.72 Å². The number of halogens is 1. The minimum Gasteiger partial charge on any atom is -0.342 e. The summed E-state index contributed by atoms with van der Waals surface area (Å²) in [5.74, 6) is 0.0649. The normalized spacial score (nSPS) is 17.0. The smallest absolute Gasteiger partial charge is 0.226 e. The number of piperidine rings is 1. The highest BCUT2D eigenvalue weighted by atomic mass is 35.5. The zero-order valence-corrected chi connectivity index (χ0v) is 13.5. The number of nitrogens with zero attached hydrogens (tertiary/aromatic N) is 1. The first-order chi connectivity index (χ1) is 9.83. The Labute approximate surface area is 130 Å². The lowest BCUT2D eigenvalue weighted by Crippen LogP contribution is -2.46. The molecule has 0 aromatic heterocycles. The van der Waals surface area contributed by atoms with E-state index in [1.165, 1.54) is 0 Å². The van der Waals surface area contributed by atoms with Gasteiger partial charge in [-0.3, -0.25) is 4.79 Å². The summed E-state index contributed by atoms with van der Waals surface area (Å²) in [5.41, 5.74) is 0.931. The van der Waals surface area contributed by atoms with Gasteiger partial charge in [-0.15, -0.1) is 0 Å². The van der Waals surface area contributed by atoms with Gasteiger partial charge >= 0.3 is 0 Å². The summed E-state index contributed by atoms with van der Waals surface area (Å²) in [7, 11) is -3.18. The van der Waals surface area contributed by atoms with Gasteiger partial charge in [0.1, 0.15) is 0 Å². The molecule has 1 amide bonds. The second-order valence-corrected chi connectivity index (χ2v) is 7.56. The number of nitrogens with one attached hydrogen (secondary N) is 1. The van der Waals surface area contributed by atoms with Crippen molar-refractivity contribution in [1.82, 2.24) is 9.62 Å². The van der Waals surface area contributed by atoms with Crippen LogP contribution in [0.4, 0.5) is 0 Å². The largest absolute Gasteiger partial charge is 0.342 e. The van der Waals surface area contributed by atoms with E-state index in [0.29, 0.717) is 37.4 Å². The van der Waals surface area contributed by atoms with Crippen LogP contribution >= 0.6 is 11.6 Å². The maximum atomic E-state index is 12.2. The van der Waals surface area contributed by atoms with Crippen LogP contribution in [0, 0.1) is 0 Å². The van der Waals surface area contributed by atoms with E-state index in [-0.39, 0.29) is 11.9 Å². The van der Waals surface area contributed by atoms with Crippen molar-refractivity contribution in [3.63, 3.8) is 0 Å². The molecule has 0 bridgehead atoms. The molecule has 1 heterocycles. The van der Waals surface area contributed by atoms with Crippen LogP contribution in [0.15, 0.2) is 24.3 Å². The highest BCUT2D eigenvalue weighted by molar-refractivity contribution is 7.88. The summed E-state index contributed by atoms with van der Waals surface area (Å²) in [5, 5.41) is 0.652. The van der Waals surface area contributed by atoms with E-state index in [2.05, 4.69) is 4.72 Å². The van der Waals surface area contributed by atoms with Crippen molar-refractivity contribution < 1.29 is 13.2 Å². The Balaban J connectivity index is 1.84. The van der Waals surface area contributed by atoms with Crippen LogP contribution in [0.25, 0.3) is 0 Å². The van der Waals surface area contributed by atoms with E-state index in [1.54, 1.807) is 17.0 Å². The van der Waals surface area contributed by atoms with Crippen LogP contribution in [-0.4, -0.2) is 44.6 Å². The van der Waals surface area contributed by atoms with Crippen molar-refractivity contribution in [2.75, 3.05) is 19.3 Å². The molecule has 116 valence electrons. The standard InChI is InChI=1S/C14H19ClN2O3S/c1-21(19,20)16-13-6-8-17(9-7-13)14(18)10-11-2-4-12(15)5-3-11/h2-5,13,16H,6-10H2,1H3. The van der Waals surface area contributed by atoms with Crippen molar-refractivity contribution in [2.24, 2.45) is 0 Å². The Morgan fingerprint density at radius 1 is 1.29 bits per heavy atom. The van der Waals surface area contributed by atoms with Crippen LogP contribution in [0.1, 0.15) is 18.4 Å². The molecule has 1 N–H and O–H groups in total. The van der Waals surface area contributed by atoms with Crippen LogP contribution in [0.2, 0.25) is 5.02 Å². The van der Waals surface area contributed by atoms with E-state index in [0.717, 1.165) is 11.8 Å². The summed E-state index contributed by atoms with van der Waals surface area (Å²) in [6.07, 6.45) is 2.81. The minimum absolute atomic E-state index is 0.0649. The molecule has 0 unspecified atom stereocenters. The zero-order valence-electron chi connectivity index (χ0n) is 11.9. The lowest BCUT2D eigenvalue weighted by molar-refractivity contribution is -0.131. The van der Waals surface area contributed by atoms with Gasteiger partial charge in [0.25, 0.3) is 0 Å². The van der Waals surface area contributed by atoms with Gasteiger partial charge in [-0.2, -0.15) is 0 Å². The summed E-state index contributed by atoms with van der Waals surface area (Å²) < 4.78 is 25.0. The molecule has 0 spiro atoms. The zero-order chi connectivity index (χ0) is 15.5. The number of sulfonamides is 1. The van der Waals surface area contributed by atoms with Gasteiger partial charge in [0.2, 0.25) is 15.9 Å². The maximum absolute atomic E-state index is 12.2. The van der Waals surface area contributed by atoms with Gasteiger partial charge in [0.05, 0.1) is 12.7 Å². The third-order valence-electron chi connectivity index (χ3n) is 3.50. The minimum atomic E-state index is -3.18. The van der Waals surface area contributed by atoms with Crippen molar-refractivity contribution in [2.45, 2.75) is 25.3 Å². The molecule has 1 aromatic rings. The molecule has 0 saturated carbocycles. The topological polar surface area (TPSA) is 66.5 Å². The van der Waals surface area contributed by atoms with Crippen molar-refractivity contribution >= 4 is 27.5 Å². The van der Waals surface area contributed by atoms with E-state index in [4.69, 9.17) is 11.6 Å². The summed E-state index contributed by atoms with van der Waals surface area (Å²) in [6.45, 7) is 1.17. The van der Waals surface area contributed by atoms with E-state index in [9.17, 15) is 13.2 Å². The number of benzene rings is 1. The van der Waals surface area contributed by atoms with E-state index >= 15 is 0 Å². The third kappa shape index (κ3) is 5.30. The quantitative estimate of drug-likeness (QED) is 0.908. The lowest BCUT2D eigenvalue weighted by Gasteiger charge is -2.32. The number of carbonyl (C=O) groups excluding carboxylic acids is 1. The fourth-order valence-electron chi connectivity index (χ4n) is 2.44. The average Bonchev–Trinajstić information content (AvgIpc) is 2.40. The Morgan fingerprint density at radius 3 is 2.38 bits per heavy atom. The molecule has 0 atom stereocenters. The van der Waals surface area contributed by atoms with Gasteiger partial charge in [-0.05, 0) is 30.5 Å². The summed E-state index contributed by atoms with van der Waals surface area (Å²) in [6, 6.07) is 7.16. The Bertz CT molecular complexity index is 593. The Hall–Kier alpha value is -1.11. The van der Waals surface area contributed by atoms with Gasteiger partial charge in [-0.1, -0.05) is 23.7 Å². The fraction of sp³-hybridized carbons (Fsp3) is 0.500. The number of rotatable bonds is 4. The van der Waals surface area contributed by atoms with Crippen molar-refractivity contribution in [1.29, 1.82) is 0 Å². The van der Waals surface area contributed by atoms with Gasteiger partial charge in [0.15, 0.2) is 0 Å². The van der Waals surface area contributed by atoms with Gasteiger partial charge in [-0.25, -0.2) is 13.1 Å². The predicted molar refractivity (Wildman–Crippen MR) is 82.7 cm³/mol. The average molecular weight is 331 g/mol. The van der Waals surface area contributed by atoms with E-state index in [1.807, 2.05) is 12.1 Å². The SMILES string of the molecule is CS(=O)(=O)NC1CCN(C(=O)Cc2ccc(Cl)cc2)CC1. The molecule has 21 heavy (non-hydrogen) atoms. The van der Waals surface area contributed by atoms with E-state index < -0.39 is 10.0 Å². The first-order valence-corrected chi connectivity index (χ1v) is 9.10. The van der Waals surface area contributed by atoms with Crippen molar-refractivity contribution in [3.05, 3.63) is 34.9 Å². The molecule has 2 rings (SSSR count). The number of likely N-dealkylation sites (tertiary alicyclic amines) is 1. The Morgan fingerprint density at radius 2 is 1.86 bits per heavy atom. The molecule has 1 fully saturated rings. The molecule has 0 radical (unpaired) electrons. The molecular weight excluding hydrogens is 312 g/mol. The second kappa shape index (κ2) is 6.77. The predicted octanol–water partition coefficient (Wildman–Crippen LogP) is 1.42. The Kier molecular flexibility index (Phi) is 5.24. The highest BCUT2D eigenvalue weighted by Gasteiger charge is 2.24. The van der Waals surface area contributed by atoms with Gasteiger partial charge in [0, 0.05) is 24.2 Å². The number of hydrogen-bond donors (Lipinski definition) is 1. The molecule has 0 aliphatic carbocycles. The van der Waals surface area contributed by atoms with Crippen LogP contribution in [0.3, 0.4) is 0 Å². The molecular formula is C14H19ClN2O3S. The molecule has 1 saturated heterocycles. The number of amides is 1. The van der Waals surface area contributed by atoms with Crippen LogP contribution in [-0.2, 0) is 21.2 Å². The first kappa shape index (κ1) is 16.3. The lowest BCUT2D eigenvalue weighted by atomic mass is 10.0.